The molecule has 4 rings (SSSR count). The average Bonchev–Trinajstić information content (AvgIpc) is 2.85. The van der Waals surface area contributed by atoms with Gasteiger partial charge in [0.1, 0.15) is 11.5 Å². The highest BCUT2D eigenvalue weighted by molar-refractivity contribution is 5.86. The molecule has 6 heteroatoms. The van der Waals surface area contributed by atoms with Crippen LogP contribution in [-0.2, 0) is 13.0 Å². The molecule has 0 aliphatic heterocycles. The van der Waals surface area contributed by atoms with Crippen LogP contribution >= 0.6 is 0 Å². The van der Waals surface area contributed by atoms with Crippen molar-refractivity contribution in [3.8, 4) is 17.4 Å². The molecule has 0 saturated carbocycles. The van der Waals surface area contributed by atoms with Crippen LogP contribution in [0.5, 0.6) is 17.4 Å². The molecule has 6 nitrogen and oxygen atoms in total. The number of carbonyl (C=O) groups excluding carboxylic acids is 1. The number of hydrogen-bond donors (Lipinski definition) is 2. The zero-order valence-corrected chi connectivity index (χ0v) is 18.1. The van der Waals surface area contributed by atoms with Crippen LogP contribution in [-0.4, -0.2) is 17.6 Å². The fourth-order valence-corrected chi connectivity index (χ4v) is 3.17. The number of nitrogens with zero attached hydrogens (tertiary/aromatic N) is 1. The number of carbonyl (C=O) groups is 1. The fourth-order valence-electron chi connectivity index (χ4n) is 3.17. The molecule has 33 heavy (non-hydrogen) atoms. The Bertz CT molecular complexity index is 1130. The molecule has 0 unspecified atom stereocenters. The molecular weight excluding hydrogens is 414 g/mol. The molecule has 0 radical (unpaired) electrons. The van der Waals surface area contributed by atoms with E-state index in [1.165, 1.54) is 11.1 Å². The summed E-state index contributed by atoms with van der Waals surface area (Å²) in [6, 6.07) is 30.6. The van der Waals surface area contributed by atoms with Crippen LogP contribution in [0.25, 0.3) is 0 Å². The smallest absolute Gasteiger partial charge is 0.418 e. The second-order valence-corrected chi connectivity index (χ2v) is 7.37. The molecule has 1 aromatic heterocycles. The number of rotatable bonds is 9. The Kier molecular flexibility index (Phi) is 7.65. The van der Waals surface area contributed by atoms with Gasteiger partial charge in [0.15, 0.2) is 0 Å². The van der Waals surface area contributed by atoms with Crippen LogP contribution in [0.4, 0.5) is 10.5 Å². The lowest BCUT2D eigenvalue weighted by Crippen LogP contribution is -2.17. The van der Waals surface area contributed by atoms with E-state index in [1.807, 2.05) is 18.2 Å². The van der Waals surface area contributed by atoms with Gasteiger partial charge in [0, 0.05) is 24.5 Å². The summed E-state index contributed by atoms with van der Waals surface area (Å²) in [7, 11) is 0. The number of anilines is 1. The second-order valence-electron chi connectivity index (χ2n) is 7.37. The van der Waals surface area contributed by atoms with E-state index in [0.29, 0.717) is 11.4 Å². The first kappa shape index (κ1) is 22.0. The van der Waals surface area contributed by atoms with Gasteiger partial charge in [-0.05, 0) is 66.6 Å². The molecule has 0 spiro atoms. The maximum atomic E-state index is 11.9. The predicted octanol–water partition coefficient (Wildman–Crippen LogP) is 5.82. The molecule has 4 aromatic rings. The number of pyridine rings is 1. The molecule has 0 fully saturated rings. The van der Waals surface area contributed by atoms with Gasteiger partial charge >= 0.3 is 6.09 Å². The Morgan fingerprint density at radius 2 is 1.45 bits per heavy atom. The highest BCUT2D eigenvalue weighted by Gasteiger charge is 2.06. The summed E-state index contributed by atoms with van der Waals surface area (Å²) in [4.78, 5) is 15.9. The van der Waals surface area contributed by atoms with Crippen molar-refractivity contribution < 1.29 is 14.3 Å². The first-order valence-corrected chi connectivity index (χ1v) is 10.8. The van der Waals surface area contributed by atoms with Crippen molar-refractivity contribution in [1.29, 1.82) is 0 Å². The van der Waals surface area contributed by atoms with Crippen molar-refractivity contribution in [3.05, 3.63) is 114 Å². The molecule has 166 valence electrons. The van der Waals surface area contributed by atoms with Gasteiger partial charge in [-0.15, -0.1) is 0 Å². The van der Waals surface area contributed by atoms with Crippen molar-refractivity contribution in [2.24, 2.45) is 0 Å². The van der Waals surface area contributed by atoms with E-state index in [-0.39, 0.29) is 5.88 Å². The molecule has 2 N–H and O–H groups in total. The third-order valence-corrected chi connectivity index (χ3v) is 4.86. The number of benzene rings is 3. The number of amides is 1. The van der Waals surface area contributed by atoms with E-state index >= 15 is 0 Å². The highest BCUT2D eigenvalue weighted by Crippen LogP contribution is 2.23. The Labute approximate surface area is 193 Å². The topological polar surface area (TPSA) is 72.5 Å². The van der Waals surface area contributed by atoms with Crippen molar-refractivity contribution in [2.45, 2.75) is 13.0 Å². The summed E-state index contributed by atoms with van der Waals surface area (Å²) in [5, 5.41) is 6.12. The van der Waals surface area contributed by atoms with Gasteiger partial charge in [-0.3, -0.25) is 5.32 Å². The first-order valence-electron chi connectivity index (χ1n) is 10.8. The SMILES string of the molecule is O=C(Nc1ccc(Oc2ccc(CCNCc3ccccc3)cc2)cc1)Oc1ccccn1. The molecule has 0 saturated heterocycles. The Balaban J connectivity index is 1.21. The summed E-state index contributed by atoms with van der Waals surface area (Å²) in [6.45, 7) is 1.78. The maximum absolute atomic E-state index is 11.9. The third-order valence-electron chi connectivity index (χ3n) is 4.86. The zero-order valence-electron chi connectivity index (χ0n) is 18.1. The quantitative estimate of drug-likeness (QED) is 0.322. The number of aromatic nitrogens is 1. The molecule has 0 bridgehead atoms. The van der Waals surface area contributed by atoms with Gasteiger partial charge in [0.05, 0.1) is 0 Å². The molecule has 0 aliphatic carbocycles. The minimum absolute atomic E-state index is 0.241. The first-order chi connectivity index (χ1) is 16.2. The standard InChI is InChI=1S/C27H25N3O3/c31-27(33-26-8-4-5-18-29-26)30-23-11-15-25(16-12-23)32-24-13-9-21(10-14-24)17-19-28-20-22-6-2-1-3-7-22/h1-16,18,28H,17,19-20H2,(H,30,31). The van der Waals surface area contributed by atoms with E-state index in [0.717, 1.165) is 25.3 Å². The minimum Gasteiger partial charge on any atom is -0.457 e. The van der Waals surface area contributed by atoms with E-state index < -0.39 is 6.09 Å². The van der Waals surface area contributed by atoms with Crippen LogP contribution in [0.3, 0.4) is 0 Å². The second kappa shape index (κ2) is 11.5. The van der Waals surface area contributed by atoms with E-state index in [4.69, 9.17) is 9.47 Å². The lowest BCUT2D eigenvalue weighted by molar-refractivity contribution is 0.213. The van der Waals surface area contributed by atoms with Crippen LogP contribution < -0.4 is 20.1 Å². The van der Waals surface area contributed by atoms with Crippen LogP contribution in [0, 0.1) is 0 Å². The van der Waals surface area contributed by atoms with Gasteiger partial charge in [-0.25, -0.2) is 9.78 Å². The lowest BCUT2D eigenvalue weighted by atomic mass is 10.1. The van der Waals surface area contributed by atoms with Gasteiger partial charge in [0.2, 0.25) is 5.88 Å². The third kappa shape index (κ3) is 7.19. The number of ether oxygens (including phenoxy) is 2. The van der Waals surface area contributed by atoms with Gasteiger partial charge in [-0.1, -0.05) is 48.5 Å². The van der Waals surface area contributed by atoms with E-state index in [1.54, 1.807) is 48.7 Å². The normalized spacial score (nSPS) is 10.4. The number of hydrogen-bond acceptors (Lipinski definition) is 5. The summed E-state index contributed by atoms with van der Waals surface area (Å²) in [6.07, 6.45) is 1.91. The lowest BCUT2D eigenvalue weighted by Gasteiger charge is -2.09. The summed E-state index contributed by atoms with van der Waals surface area (Å²) in [5.74, 6) is 1.67. The molecule has 3 aromatic carbocycles. The van der Waals surface area contributed by atoms with Crippen molar-refractivity contribution in [3.63, 3.8) is 0 Å². The van der Waals surface area contributed by atoms with Crippen molar-refractivity contribution in [1.82, 2.24) is 10.3 Å². The van der Waals surface area contributed by atoms with Crippen LogP contribution in [0.1, 0.15) is 11.1 Å². The van der Waals surface area contributed by atoms with Crippen LogP contribution in [0.2, 0.25) is 0 Å². The van der Waals surface area contributed by atoms with Gasteiger partial charge in [-0.2, -0.15) is 0 Å². The molecule has 0 atom stereocenters. The highest BCUT2D eigenvalue weighted by atomic mass is 16.6. The Morgan fingerprint density at radius 3 is 2.15 bits per heavy atom. The number of nitrogens with one attached hydrogen (secondary N) is 2. The Hall–Kier alpha value is -4.16. The molecule has 0 aliphatic rings. The van der Waals surface area contributed by atoms with Crippen LogP contribution in [0.15, 0.2) is 103 Å². The fraction of sp³-hybridized carbons (Fsp3) is 0.111. The summed E-state index contributed by atoms with van der Waals surface area (Å²) >= 11 is 0. The zero-order chi connectivity index (χ0) is 22.7. The molecule has 1 amide bonds. The van der Waals surface area contributed by atoms with E-state index in [9.17, 15) is 4.79 Å². The molecular formula is C27H25N3O3. The summed E-state index contributed by atoms with van der Waals surface area (Å²) in [5.41, 5.74) is 3.13. The minimum atomic E-state index is -0.601. The van der Waals surface area contributed by atoms with Crippen molar-refractivity contribution in [2.75, 3.05) is 11.9 Å². The van der Waals surface area contributed by atoms with E-state index in [2.05, 4.69) is 52.0 Å². The molecule has 1 heterocycles. The summed E-state index contributed by atoms with van der Waals surface area (Å²) < 4.78 is 11.0. The predicted molar refractivity (Wildman–Crippen MR) is 129 cm³/mol. The maximum Gasteiger partial charge on any atom is 0.418 e. The van der Waals surface area contributed by atoms with Gasteiger partial charge < -0.3 is 14.8 Å². The largest absolute Gasteiger partial charge is 0.457 e. The van der Waals surface area contributed by atoms with Gasteiger partial charge in [0.25, 0.3) is 0 Å². The monoisotopic (exact) mass is 439 g/mol. The Morgan fingerprint density at radius 1 is 0.758 bits per heavy atom. The van der Waals surface area contributed by atoms with Crippen molar-refractivity contribution >= 4 is 11.8 Å². The average molecular weight is 440 g/mol.